The van der Waals surface area contributed by atoms with Crippen molar-refractivity contribution in [3.63, 3.8) is 0 Å². The molecule has 3 rings (SSSR count). The predicted molar refractivity (Wildman–Crippen MR) is 88.1 cm³/mol. The molecule has 2 aliphatic heterocycles. The largest absolute Gasteiger partial charge is 0.481 e. The summed E-state index contributed by atoms with van der Waals surface area (Å²) >= 11 is 0. The summed E-state index contributed by atoms with van der Waals surface area (Å²) in [7, 11) is 0. The molecule has 0 saturated carbocycles. The lowest BCUT2D eigenvalue weighted by Gasteiger charge is -2.27. The quantitative estimate of drug-likeness (QED) is 0.624. The van der Waals surface area contributed by atoms with Crippen LogP contribution in [0.3, 0.4) is 0 Å². The van der Waals surface area contributed by atoms with E-state index in [1.807, 2.05) is 0 Å². The molecule has 0 radical (unpaired) electrons. The van der Waals surface area contributed by atoms with Crippen molar-refractivity contribution in [1.82, 2.24) is 0 Å². The standard InChI is InChI=1S/C18H19NO6/c1-3-24-17(23)10-5-4-6-11(9-10)19-15(20)14-13(16(21)22)12-7-8-18(14,2)25-12/h4-9,12-14H,3H2,1-2H3,(H,19,20)(H,21,22)/t12-,13-,14+,18-/m1/s1. The maximum absolute atomic E-state index is 12.7. The second-order valence-electron chi connectivity index (χ2n) is 6.26. The average molecular weight is 345 g/mol. The summed E-state index contributed by atoms with van der Waals surface area (Å²) in [5.74, 6) is -3.81. The Balaban J connectivity index is 1.80. The Kier molecular flexibility index (Phi) is 4.34. The van der Waals surface area contributed by atoms with Gasteiger partial charge in [0.05, 0.1) is 29.8 Å². The fourth-order valence-corrected chi connectivity index (χ4v) is 3.44. The van der Waals surface area contributed by atoms with E-state index in [1.54, 1.807) is 44.2 Å². The number of esters is 1. The average Bonchev–Trinajstić information content (AvgIpc) is 3.08. The number of hydrogen-bond acceptors (Lipinski definition) is 5. The summed E-state index contributed by atoms with van der Waals surface area (Å²) in [5.41, 5.74) is -0.240. The number of rotatable bonds is 5. The highest BCUT2D eigenvalue weighted by atomic mass is 16.5. The summed E-state index contributed by atoms with van der Waals surface area (Å²) in [5, 5.41) is 12.1. The van der Waals surface area contributed by atoms with Gasteiger partial charge in [-0.2, -0.15) is 0 Å². The van der Waals surface area contributed by atoms with Gasteiger partial charge in [-0.05, 0) is 32.0 Å². The minimum absolute atomic E-state index is 0.251. The van der Waals surface area contributed by atoms with Gasteiger partial charge < -0.3 is 19.9 Å². The number of nitrogens with one attached hydrogen (secondary N) is 1. The molecule has 2 aliphatic rings. The van der Waals surface area contributed by atoms with Crippen LogP contribution in [0.5, 0.6) is 0 Å². The van der Waals surface area contributed by atoms with Crippen molar-refractivity contribution in [3.05, 3.63) is 42.0 Å². The van der Waals surface area contributed by atoms with Crippen molar-refractivity contribution < 1.29 is 29.0 Å². The normalized spacial score (nSPS) is 29.4. The van der Waals surface area contributed by atoms with Crippen molar-refractivity contribution in [3.8, 4) is 0 Å². The van der Waals surface area contributed by atoms with Crippen LogP contribution in [-0.4, -0.2) is 41.3 Å². The first-order valence-corrected chi connectivity index (χ1v) is 8.04. The Bertz CT molecular complexity index is 758. The molecular weight excluding hydrogens is 326 g/mol. The topological polar surface area (TPSA) is 102 Å². The SMILES string of the molecule is CCOC(=O)c1cccc(NC(=O)[C@@H]2[C@H](C(=O)O)[C@H]3C=C[C@@]2(C)O3)c1. The Morgan fingerprint density at radius 1 is 1.36 bits per heavy atom. The van der Waals surface area contributed by atoms with Crippen molar-refractivity contribution in [2.75, 3.05) is 11.9 Å². The third kappa shape index (κ3) is 3.02. The molecular formula is C18H19NO6. The van der Waals surface area contributed by atoms with E-state index in [9.17, 15) is 19.5 Å². The second kappa shape index (κ2) is 6.33. The summed E-state index contributed by atoms with van der Waals surface area (Å²) < 4.78 is 10.6. The summed E-state index contributed by atoms with van der Waals surface area (Å²) in [4.78, 5) is 36.1. The Morgan fingerprint density at radius 3 is 2.80 bits per heavy atom. The molecule has 1 aromatic rings. The summed E-state index contributed by atoms with van der Waals surface area (Å²) in [6, 6.07) is 6.33. The van der Waals surface area contributed by atoms with Gasteiger partial charge in [-0.1, -0.05) is 18.2 Å². The number of fused-ring (bicyclic) bond motifs is 2. The molecule has 4 atom stereocenters. The fourth-order valence-electron chi connectivity index (χ4n) is 3.44. The lowest BCUT2D eigenvalue weighted by molar-refractivity contribution is -0.146. The first kappa shape index (κ1) is 17.2. The number of carboxylic acids is 1. The van der Waals surface area contributed by atoms with Gasteiger partial charge in [-0.25, -0.2) is 4.79 Å². The van der Waals surface area contributed by atoms with E-state index in [0.717, 1.165) is 0 Å². The molecule has 0 unspecified atom stereocenters. The van der Waals surface area contributed by atoms with E-state index in [2.05, 4.69) is 5.32 Å². The highest BCUT2D eigenvalue weighted by molar-refractivity contribution is 5.98. The fraction of sp³-hybridized carbons (Fsp3) is 0.389. The van der Waals surface area contributed by atoms with Gasteiger partial charge in [-0.3, -0.25) is 9.59 Å². The van der Waals surface area contributed by atoms with Gasteiger partial charge in [0.25, 0.3) is 0 Å². The van der Waals surface area contributed by atoms with Crippen molar-refractivity contribution in [2.45, 2.75) is 25.6 Å². The lowest BCUT2D eigenvalue weighted by Crippen LogP contribution is -2.44. The minimum atomic E-state index is -1.07. The van der Waals surface area contributed by atoms with Gasteiger partial charge in [-0.15, -0.1) is 0 Å². The molecule has 132 valence electrons. The molecule has 0 spiro atoms. The van der Waals surface area contributed by atoms with E-state index in [1.165, 1.54) is 6.07 Å². The van der Waals surface area contributed by atoms with E-state index in [4.69, 9.17) is 9.47 Å². The number of hydrogen-bond donors (Lipinski definition) is 2. The maximum atomic E-state index is 12.7. The molecule has 0 aromatic heterocycles. The third-order valence-corrected chi connectivity index (χ3v) is 4.55. The Labute approximate surface area is 144 Å². The zero-order chi connectivity index (χ0) is 18.2. The molecule has 1 aromatic carbocycles. The molecule has 2 bridgehead atoms. The number of benzene rings is 1. The first-order valence-electron chi connectivity index (χ1n) is 8.04. The molecule has 25 heavy (non-hydrogen) atoms. The zero-order valence-corrected chi connectivity index (χ0v) is 13.9. The van der Waals surface area contributed by atoms with E-state index >= 15 is 0 Å². The van der Waals surface area contributed by atoms with Crippen LogP contribution in [0, 0.1) is 11.8 Å². The smallest absolute Gasteiger partial charge is 0.338 e. The van der Waals surface area contributed by atoms with Gasteiger partial charge in [0.1, 0.15) is 5.92 Å². The Hall–Kier alpha value is -2.67. The predicted octanol–water partition coefficient (Wildman–Crippen LogP) is 1.85. The van der Waals surface area contributed by atoms with E-state index in [-0.39, 0.29) is 6.61 Å². The monoisotopic (exact) mass is 345 g/mol. The van der Waals surface area contributed by atoms with Crippen LogP contribution in [0.15, 0.2) is 36.4 Å². The summed E-state index contributed by atoms with van der Waals surface area (Å²) in [6.07, 6.45) is 2.81. The molecule has 1 saturated heterocycles. The lowest BCUT2D eigenvalue weighted by atomic mass is 9.75. The molecule has 0 aliphatic carbocycles. The molecule has 1 amide bonds. The highest BCUT2D eigenvalue weighted by Crippen LogP contribution is 2.47. The van der Waals surface area contributed by atoms with Crippen molar-refractivity contribution >= 4 is 23.5 Å². The highest BCUT2D eigenvalue weighted by Gasteiger charge is 2.59. The van der Waals surface area contributed by atoms with Gasteiger partial charge in [0, 0.05) is 5.69 Å². The van der Waals surface area contributed by atoms with Crippen LogP contribution in [0.1, 0.15) is 24.2 Å². The van der Waals surface area contributed by atoms with Crippen LogP contribution in [0.25, 0.3) is 0 Å². The van der Waals surface area contributed by atoms with E-state index < -0.39 is 41.4 Å². The molecule has 7 heteroatoms. The maximum Gasteiger partial charge on any atom is 0.338 e. The number of amides is 1. The van der Waals surface area contributed by atoms with Crippen molar-refractivity contribution in [2.24, 2.45) is 11.8 Å². The van der Waals surface area contributed by atoms with Gasteiger partial charge in [0.15, 0.2) is 0 Å². The third-order valence-electron chi connectivity index (χ3n) is 4.55. The molecule has 1 fully saturated rings. The minimum Gasteiger partial charge on any atom is -0.481 e. The van der Waals surface area contributed by atoms with E-state index in [0.29, 0.717) is 11.3 Å². The molecule has 2 N–H and O–H groups in total. The van der Waals surface area contributed by atoms with Crippen LogP contribution in [-0.2, 0) is 19.1 Å². The van der Waals surface area contributed by atoms with Crippen LogP contribution in [0.2, 0.25) is 0 Å². The van der Waals surface area contributed by atoms with Crippen molar-refractivity contribution in [1.29, 1.82) is 0 Å². The van der Waals surface area contributed by atoms with Crippen LogP contribution in [0.4, 0.5) is 5.69 Å². The number of carbonyl (C=O) groups is 3. The molecule has 2 heterocycles. The number of anilines is 1. The second-order valence-corrected chi connectivity index (χ2v) is 6.26. The number of carboxylic acid groups (broad SMARTS) is 1. The number of aliphatic carboxylic acids is 1. The zero-order valence-electron chi connectivity index (χ0n) is 13.9. The summed E-state index contributed by atoms with van der Waals surface area (Å²) in [6.45, 7) is 3.66. The number of carbonyl (C=O) groups excluding carboxylic acids is 2. The molecule has 7 nitrogen and oxygen atoms in total. The van der Waals surface area contributed by atoms with Crippen LogP contribution >= 0.6 is 0 Å². The first-order chi connectivity index (χ1) is 11.9. The van der Waals surface area contributed by atoms with Crippen LogP contribution < -0.4 is 5.32 Å². The van der Waals surface area contributed by atoms with Gasteiger partial charge in [0.2, 0.25) is 5.91 Å². The Morgan fingerprint density at radius 2 is 2.12 bits per heavy atom. The number of ether oxygens (including phenoxy) is 2. The van der Waals surface area contributed by atoms with Gasteiger partial charge >= 0.3 is 11.9 Å².